The number of carboxylic acid groups (broad SMARTS) is 1. The van der Waals surface area contributed by atoms with Crippen LogP contribution in [0.4, 0.5) is 0 Å². The molecular weight excluding hydrogens is 340 g/mol. The molecule has 2 atom stereocenters. The minimum atomic E-state index is -1.47. The van der Waals surface area contributed by atoms with Crippen molar-refractivity contribution in [1.29, 1.82) is 0 Å². The number of nitrogens with two attached hydrogens (primary N) is 1. The minimum absolute atomic E-state index is 0.157. The fourth-order valence-corrected chi connectivity index (χ4v) is 3.02. The number of hydrogen-bond donors (Lipinski definition) is 3. The molecule has 1 amide bonds. The van der Waals surface area contributed by atoms with E-state index in [4.69, 9.17) is 5.73 Å². The first-order valence-electron chi connectivity index (χ1n) is 8.83. The van der Waals surface area contributed by atoms with Gasteiger partial charge in [-0.25, -0.2) is 4.79 Å². The lowest BCUT2D eigenvalue weighted by Crippen LogP contribution is -2.63. The maximum atomic E-state index is 13.0. The molecule has 0 fully saturated rings. The van der Waals surface area contributed by atoms with E-state index in [0.29, 0.717) is 0 Å². The van der Waals surface area contributed by atoms with Gasteiger partial charge in [0.2, 0.25) is 5.91 Å². The molecule has 0 saturated heterocycles. The fraction of sp³-hybridized carbons (Fsp3) is 0.273. The summed E-state index contributed by atoms with van der Waals surface area (Å²) in [7, 11) is 0. The van der Waals surface area contributed by atoms with Crippen LogP contribution in [0.1, 0.15) is 24.5 Å². The first-order valence-corrected chi connectivity index (χ1v) is 8.83. The third-order valence-electron chi connectivity index (χ3n) is 4.59. The number of nitrogens with one attached hydrogen (secondary N) is 1. The zero-order valence-corrected chi connectivity index (χ0v) is 15.5. The summed E-state index contributed by atoms with van der Waals surface area (Å²) in [6.07, 6.45) is 2.25. The average molecular weight is 366 g/mol. The van der Waals surface area contributed by atoms with Gasteiger partial charge in [-0.05, 0) is 30.9 Å². The smallest absolute Gasteiger partial charge is 0.329 e. The van der Waals surface area contributed by atoms with Crippen molar-refractivity contribution in [3.63, 3.8) is 0 Å². The predicted octanol–water partition coefficient (Wildman–Crippen LogP) is 2.70. The second kappa shape index (κ2) is 8.64. The van der Waals surface area contributed by atoms with Crippen molar-refractivity contribution in [3.05, 3.63) is 84.4 Å². The van der Waals surface area contributed by atoms with E-state index in [0.717, 1.165) is 11.1 Å². The fourth-order valence-electron chi connectivity index (χ4n) is 3.02. The average Bonchev–Trinajstić information content (AvgIpc) is 2.63. The zero-order valence-electron chi connectivity index (χ0n) is 15.5. The Morgan fingerprint density at radius 3 is 1.96 bits per heavy atom. The molecule has 27 heavy (non-hydrogen) atoms. The highest BCUT2D eigenvalue weighted by atomic mass is 16.4. The third kappa shape index (κ3) is 5.28. The summed E-state index contributed by atoms with van der Waals surface area (Å²) in [5, 5.41) is 12.4. The quantitative estimate of drug-likeness (QED) is 0.595. The van der Waals surface area contributed by atoms with Gasteiger partial charge in [-0.3, -0.25) is 4.79 Å². The van der Waals surface area contributed by atoms with Gasteiger partial charge in [0.1, 0.15) is 11.1 Å². The van der Waals surface area contributed by atoms with Crippen LogP contribution in [0.15, 0.2) is 73.3 Å². The van der Waals surface area contributed by atoms with Crippen molar-refractivity contribution in [2.45, 2.75) is 37.3 Å². The summed E-state index contributed by atoms with van der Waals surface area (Å²) in [6.45, 7) is 5.19. The molecule has 0 aliphatic rings. The number of carboxylic acids is 1. The van der Waals surface area contributed by atoms with Crippen LogP contribution in [0.3, 0.4) is 0 Å². The molecule has 4 N–H and O–H groups in total. The van der Waals surface area contributed by atoms with Crippen molar-refractivity contribution in [1.82, 2.24) is 5.32 Å². The van der Waals surface area contributed by atoms with Gasteiger partial charge in [0, 0.05) is 6.42 Å². The summed E-state index contributed by atoms with van der Waals surface area (Å²) in [5.74, 6) is -1.62. The number of aliphatic carboxylic acids is 1. The Morgan fingerprint density at radius 2 is 1.52 bits per heavy atom. The standard InChI is InChI=1S/C22H26N2O3/c1-3-14-22(23,16-18-12-8-5-9-13-18)19(25)24-21(2,20(26)27)15-17-10-6-4-7-11-17/h3-13H,1,14-16,23H2,2H3,(H,24,25)(H,26,27)/t21-,22-/m0/s1. The molecule has 2 aromatic carbocycles. The van der Waals surface area contributed by atoms with Gasteiger partial charge in [-0.1, -0.05) is 66.7 Å². The number of amides is 1. The van der Waals surface area contributed by atoms with Crippen molar-refractivity contribution < 1.29 is 14.7 Å². The van der Waals surface area contributed by atoms with E-state index in [1.54, 1.807) is 6.08 Å². The summed E-state index contributed by atoms with van der Waals surface area (Å²) < 4.78 is 0. The molecule has 0 aliphatic heterocycles. The highest BCUT2D eigenvalue weighted by Gasteiger charge is 2.41. The van der Waals surface area contributed by atoms with Crippen molar-refractivity contribution in [3.8, 4) is 0 Å². The highest BCUT2D eigenvalue weighted by molar-refractivity contribution is 5.92. The van der Waals surface area contributed by atoms with Crippen LogP contribution in [0, 0.1) is 0 Å². The molecule has 2 aromatic rings. The third-order valence-corrected chi connectivity index (χ3v) is 4.59. The van der Waals surface area contributed by atoms with Crippen LogP contribution in [0.5, 0.6) is 0 Å². The number of hydrogen-bond acceptors (Lipinski definition) is 3. The van der Waals surface area contributed by atoms with E-state index >= 15 is 0 Å². The first kappa shape index (κ1) is 20.4. The van der Waals surface area contributed by atoms with Crippen LogP contribution >= 0.6 is 0 Å². The number of benzene rings is 2. The van der Waals surface area contributed by atoms with Crippen molar-refractivity contribution in [2.75, 3.05) is 0 Å². The van der Waals surface area contributed by atoms with Gasteiger partial charge in [-0.15, -0.1) is 6.58 Å². The molecule has 0 bridgehead atoms. The normalized spacial score (nSPS) is 15.2. The van der Waals surface area contributed by atoms with Gasteiger partial charge < -0.3 is 16.2 Å². The molecule has 0 saturated carbocycles. The van der Waals surface area contributed by atoms with Gasteiger partial charge in [0.05, 0.1) is 0 Å². The van der Waals surface area contributed by atoms with Crippen LogP contribution in [0.25, 0.3) is 0 Å². The molecule has 0 radical (unpaired) electrons. The SMILES string of the molecule is C=CC[C@](N)(Cc1ccccc1)C(=O)N[C@@](C)(Cc1ccccc1)C(=O)O. The Labute approximate surface area is 159 Å². The van der Waals surface area contributed by atoms with Crippen LogP contribution in [-0.2, 0) is 22.4 Å². The predicted molar refractivity (Wildman–Crippen MR) is 106 cm³/mol. The Morgan fingerprint density at radius 1 is 1.04 bits per heavy atom. The van der Waals surface area contributed by atoms with Gasteiger partial charge in [-0.2, -0.15) is 0 Å². The second-order valence-corrected chi connectivity index (χ2v) is 7.07. The maximum Gasteiger partial charge on any atom is 0.329 e. The Kier molecular flexibility index (Phi) is 6.53. The Hall–Kier alpha value is -2.92. The molecule has 2 rings (SSSR count). The summed E-state index contributed by atoms with van der Waals surface area (Å²) in [6, 6.07) is 18.6. The number of carbonyl (C=O) groups is 2. The minimum Gasteiger partial charge on any atom is -0.480 e. The molecule has 142 valence electrons. The number of carbonyl (C=O) groups excluding carboxylic acids is 1. The highest BCUT2D eigenvalue weighted by Crippen LogP contribution is 2.20. The van der Waals surface area contributed by atoms with E-state index < -0.39 is 23.0 Å². The van der Waals surface area contributed by atoms with E-state index in [1.165, 1.54) is 6.92 Å². The first-order chi connectivity index (χ1) is 12.8. The van der Waals surface area contributed by atoms with Crippen LogP contribution < -0.4 is 11.1 Å². The molecule has 5 nitrogen and oxygen atoms in total. The topological polar surface area (TPSA) is 92.4 Å². The largest absolute Gasteiger partial charge is 0.480 e. The Balaban J connectivity index is 2.24. The lowest BCUT2D eigenvalue weighted by atomic mass is 9.85. The summed E-state index contributed by atoms with van der Waals surface area (Å²) in [5.41, 5.74) is 5.37. The molecule has 5 heteroatoms. The molecule has 0 aromatic heterocycles. The summed E-state index contributed by atoms with van der Waals surface area (Å²) >= 11 is 0. The van der Waals surface area contributed by atoms with Crippen molar-refractivity contribution >= 4 is 11.9 Å². The molecule has 0 aliphatic carbocycles. The molecular formula is C22H26N2O3. The second-order valence-electron chi connectivity index (χ2n) is 7.07. The summed E-state index contributed by atoms with van der Waals surface area (Å²) in [4.78, 5) is 25.0. The lowest BCUT2D eigenvalue weighted by Gasteiger charge is -2.33. The number of rotatable bonds is 9. The van der Waals surface area contributed by atoms with E-state index in [1.807, 2.05) is 60.7 Å². The van der Waals surface area contributed by atoms with Gasteiger partial charge in [0.25, 0.3) is 0 Å². The molecule has 0 heterocycles. The van der Waals surface area contributed by atoms with Crippen molar-refractivity contribution in [2.24, 2.45) is 5.73 Å². The molecule has 0 spiro atoms. The van der Waals surface area contributed by atoms with Crippen LogP contribution in [-0.4, -0.2) is 28.1 Å². The lowest BCUT2D eigenvalue weighted by molar-refractivity contribution is -0.147. The molecule has 0 unspecified atom stereocenters. The zero-order chi connectivity index (χ0) is 19.9. The maximum absolute atomic E-state index is 13.0. The van der Waals surface area contributed by atoms with E-state index in [-0.39, 0.29) is 19.3 Å². The van der Waals surface area contributed by atoms with E-state index in [2.05, 4.69) is 11.9 Å². The van der Waals surface area contributed by atoms with Gasteiger partial charge >= 0.3 is 5.97 Å². The van der Waals surface area contributed by atoms with Gasteiger partial charge in [0.15, 0.2) is 0 Å². The Bertz CT molecular complexity index is 792. The van der Waals surface area contributed by atoms with E-state index in [9.17, 15) is 14.7 Å². The monoisotopic (exact) mass is 366 g/mol. The van der Waals surface area contributed by atoms with Crippen LogP contribution in [0.2, 0.25) is 0 Å².